The van der Waals surface area contributed by atoms with Crippen LogP contribution in [0.3, 0.4) is 0 Å². The summed E-state index contributed by atoms with van der Waals surface area (Å²) in [5.41, 5.74) is 0.602. The van der Waals surface area contributed by atoms with Gasteiger partial charge in [-0.2, -0.15) is 0 Å². The molecule has 0 aliphatic carbocycles. The smallest absolute Gasteiger partial charge is 0.262 e. The van der Waals surface area contributed by atoms with Crippen molar-refractivity contribution in [1.82, 2.24) is 4.90 Å². The third kappa shape index (κ3) is 4.80. The van der Waals surface area contributed by atoms with Crippen molar-refractivity contribution < 1.29 is 14.3 Å². The molecule has 1 saturated heterocycles. The molecule has 0 saturated carbocycles. The van der Waals surface area contributed by atoms with Crippen LogP contribution < -0.4 is 10.1 Å². The molecule has 1 aliphatic heterocycles. The number of carbonyl (C=O) groups excluding carboxylic acids is 2. The van der Waals surface area contributed by atoms with E-state index in [1.54, 1.807) is 64.4 Å². The fraction of sp³-hybridized carbons (Fsp3) is 0.182. The Balaban J connectivity index is 1.52. The van der Waals surface area contributed by atoms with Crippen molar-refractivity contribution in [3.05, 3.63) is 82.0 Å². The van der Waals surface area contributed by atoms with Gasteiger partial charge in [-0.1, -0.05) is 41.9 Å². The monoisotopic (exact) mass is 458 g/mol. The number of hydrogen-bond donors (Lipinski definition) is 1. The predicted octanol–water partition coefficient (Wildman–Crippen LogP) is 5.06. The van der Waals surface area contributed by atoms with E-state index in [-0.39, 0.29) is 23.8 Å². The lowest BCUT2D eigenvalue weighted by Crippen LogP contribution is -2.47. The lowest BCUT2D eigenvalue weighted by atomic mass is 10.2. The number of para-hydroxylation sites is 1. The summed E-state index contributed by atoms with van der Waals surface area (Å²) in [6.45, 7) is -0.132. The quantitative estimate of drug-likeness (QED) is 0.560. The molecule has 5 nitrogen and oxygen atoms in total. The van der Waals surface area contributed by atoms with Gasteiger partial charge in [0, 0.05) is 21.3 Å². The van der Waals surface area contributed by atoms with Crippen LogP contribution in [0, 0.1) is 0 Å². The summed E-state index contributed by atoms with van der Waals surface area (Å²) in [6.07, 6.45) is 0. The van der Waals surface area contributed by atoms with E-state index < -0.39 is 6.04 Å². The molecule has 30 heavy (non-hydrogen) atoms. The van der Waals surface area contributed by atoms with Crippen molar-refractivity contribution in [2.24, 2.45) is 0 Å². The van der Waals surface area contributed by atoms with Crippen LogP contribution in [0.4, 0.5) is 5.69 Å². The standard InChI is InChI=1S/C22H19ClN2O3S2/c23-15-6-4-7-16(12-15)24-21(27)18-14-30-22(19-10-5-11-29-19)25(18)20(26)13-28-17-8-2-1-3-9-17/h1-12,18,22H,13-14H2,(H,24,27). The Morgan fingerprint density at radius 2 is 1.93 bits per heavy atom. The number of carbonyl (C=O) groups is 2. The van der Waals surface area contributed by atoms with Gasteiger partial charge in [-0.25, -0.2) is 0 Å². The minimum absolute atomic E-state index is 0.132. The number of amides is 2. The summed E-state index contributed by atoms with van der Waals surface area (Å²) < 4.78 is 5.66. The number of nitrogens with zero attached hydrogens (tertiary/aromatic N) is 1. The molecule has 1 N–H and O–H groups in total. The molecule has 1 aromatic heterocycles. The van der Waals surface area contributed by atoms with Gasteiger partial charge in [0.2, 0.25) is 5.91 Å². The Kier molecular flexibility index (Phi) is 6.62. The average Bonchev–Trinajstić information content (AvgIpc) is 3.42. The number of hydrogen-bond acceptors (Lipinski definition) is 5. The zero-order chi connectivity index (χ0) is 20.9. The van der Waals surface area contributed by atoms with Gasteiger partial charge >= 0.3 is 0 Å². The molecule has 2 heterocycles. The molecule has 1 aliphatic rings. The molecule has 3 aromatic rings. The van der Waals surface area contributed by atoms with Crippen molar-refractivity contribution in [3.8, 4) is 5.75 Å². The molecule has 4 rings (SSSR count). The summed E-state index contributed by atoms with van der Waals surface area (Å²) >= 11 is 9.17. The SMILES string of the molecule is O=C(Nc1cccc(Cl)c1)C1CSC(c2cccs2)N1C(=O)COc1ccccc1. The maximum Gasteiger partial charge on any atom is 0.262 e. The molecular formula is C22H19ClN2O3S2. The summed E-state index contributed by atoms with van der Waals surface area (Å²) in [5, 5.41) is 5.17. The number of nitrogens with one attached hydrogen (secondary N) is 1. The van der Waals surface area contributed by atoms with Crippen LogP contribution in [0.15, 0.2) is 72.1 Å². The minimum atomic E-state index is -0.604. The zero-order valence-corrected chi connectivity index (χ0v) is 18.3. The highest BCUT2D eigenvalue weighted by Gasteiger charge is 2.42. The largest absolute Gasteiger partial charge is 0.484 e. The Morgan fingerprint density at radius 3 is 2.67 bits per heavy atom. The number of benzene rings is 2. The van der Waals surface area contributed by atoms with Gasteiger partial charge in [-0.3, -0.25) is 9.59 Å². The summed E-state index contributed by atoms with van der Waals surface area (Å²) in [6, 6.07) is 19.5. The van der Waals surface area contributed by atoms with Crippen molar-refractivity contribution in [2.75, 3.05) is 17.7 Å². The number of thioether (sulfide) groups is 1. The van der Waals surface area contributed by atoms with E-state index in [4.69, 9.17) is 16.3 Å². The van der Waals surface area contributed by atoms with Crippen LogP contribution in [-0.4, -0.2) is 35.1 Å². The van der Waals surface area contributed by atoms with E-state index in [2.05, 4.69) is 5.32 Å². The van der Waals surface area contributed by atoms with Gasteiger partial charge in [0.1, 0.15) is 17.2 Å². The van der Waals surface area contributed by atoms with Crippen molar-refractivity contribution in [1.29, 1.82) is 0 Å². The summed E-state index contributed by atoms with van der Waals surface area (Å²) in [7, 11) is 0. The fourth-order valence-electron chi connectivity index (χ4n) is 3.19. The van der Waals surface area contributed by atoms with Crippen LogP contribution in [-0.2, 0) is 9.59 Å². The second-order valence-corrected chi connectivity index (χ2v) is 9.15. The van der Waals surface area contributed by atoms with Crippen LogP contribution >= 0.6 is 34.7 Å². The molecule has 2 amide bonds. The molecule has 0 bridgehead atoms. The molecule has 154 valence electrons. The van der Waals surface area contributed by atoms with Gasteiger partial charge in [0.25, 0.3) is 5.91 Å². The lowest BCUT2D eigenvalue weighted by molar-refractivity contribution is -0.139. The first-order valence-electron chi connectivity index (χ1n) is 9.32. The van der Waals surface area contributed by atoms with Gasteiger partial charge in [-0.15, -0.1) is 23.1 Å². The molecule has 0 radical (unpaired) electrons. The third-order valence-electron chi connectivity index (χ3n) is 4.58. The highest BCUT2D eigenvalue weighted by atomic mass is 35.5. The second-order valence-electron chi connectivity index (χ2n) is 6.62. The normalized spacial score (nSPS) is 18.2. The van der Waals surface area contributed by atoms with Crippen LogP contribution in [0.1, 0.15) is 10.3 Å². The topological polar surface area (TPSA) is 58.6 Å². The number of thiophene rings is 1. The van der Waals surface area contributed by atoms with E-state index in [0.717, 1.165) is 4.88 Å². The minimum Gasteiger partial charge on any atom is -0.484 e. The number of anilines is 1. The fourth-order valence-corrected chi connectivity index (χ4v) is 5.80. The average molecular weight is 459 g/mol. The highest BCUT2D eigenvalue weighted by molar-refractivity contribution is 7.99. The molecule has 2 unspecified atom stereocenters. The predicted molar refractivity (Wildman–Crippen MR) is 122 cm³/mol. The number of ether oxygens (including phenoxy) is 1. The van der Waals surface area contributed by atoms with E-state index in [9.17, 15) is 9.59 Å². The zero-order valence-electron chi connectivity index (χ0n) is 15.9. The van der Waals surface area contributed by atoms with Crippen LogP contribution in [0.5, 0.6) is 5.75 Å². The van der Waals surface area contributed by atoms with Crippen molar-refractivity contribution in [3.63, 3.8) is 0 Å². The second kappa shape index (κ2) is 9.55. The van der Waals surface area contributed by atoms with Crippen LogP contribution in [0.2, 0.25) is 5.02 Å². The number of halogens is 1. The van der Waals surface area contributed by atoms with Crippen molar-refractivity contribution in [2.45, 2.75) is 11.4 Å². The molecule has 2 atom stereocenters. The highest BCUT2D eigenvalue weighted by Crippen LogP contribution is 2.43. The van der Waals surface area contributed by atoms with Gasteiger partial charge in [-0.05, 0) is 41.8 Å². The van der Waals surface area contributed by atoms with Gasteiger partial charge < -0.3 is 15.0 Å². The van der Waals surface area contributed by atoms with E-state index >= 15 is 0 Å². The van der Waals surface area contributed by atoms with Gasteiger partial charge in [0.05, 0.1) is 0 Å². The van der Waals surface area contributed by atoms with Crippen LogP contribution in [0.25, 0.3) is 0 Å². The maximum atomic E-state index is 13.1. The molecule has 0 spiro atoms. The molecule has 2 aromatic carbocycles. The first-order valence-corrected chi connectivity index (χ1v) is 11.6. The van der Waals surface area contributed by atoms with E-state index in [1.165, 1.54) is 0 Å². The van der Waals surface area contributed by atoms with Gasteiger partial charge in [0.15, 0.2) is 6.61 Å². The molecular weight excluding hydrogens is 440 g/mol. The molecule has 1 fully saturated rings. The summed E-state index contributed by atoms with van der Waals surface area (Å²) in [5.74, 6) is 0.655. The first-order chi connectivity index (χ1) is 14.6. The Morgan fingerprint density at radius 1 is 1.10 bits per heavy atom. The Bertz CT molecular complexity index is 1010. The Labute approximate surface area is 188 Å². The third-order valence-corrected chi connectivity index (χ3v) is 7.19. The first kappa shape index (κ1) is 20.8. The summed E-state index contributed by atoms with van der Waals surface area (Å²) in [4.78, 5) is 28.8. The van der Waals surface area contributed by atoms with E-state index in [1.807, 2.05) is 35.7 Å². The Hall–Kier alpha value is -2.48. The number of rotatable bonds is 6. The molecule has 8 heteroatoms. The van der Waals surface area contributed by atoms with E-state index in [0.29, 0.717) is 22.2 Å². The maximum absolute atomic E-state index is 13.1. The van der Waals surface area contributed by atoms with Crippen molar-refractivity contribution >= 4 is 52.2 Å². The lowest BCUT2D eigenvalue weighted by Gasteiger charge is -2.28.